The van der Waals surface area contributed by atoms with Crippen molar-refractivity contribution in [2.24, 2.45) is 0 Å². The molecule has 0 bridgehead atoms. The first-order chi connectivity index (χ1) is 9.70. The SMILES string of the molecule is CCc1nc2c(C(=O)O)cccc2n1Cc1ncon1. The van der Waals surface area contributed by atoms with E-state index in [2.05, 4.69) is 15.1 Å². The average molecular weight is 272 g/mol. The minimum Gasteiger partial charge on any atom is -0.478 e. The first-order valence-electron chi connectivity index (χ1n) is 6.17. The van der Waals surface area contributed by atoms with Crippen molar-refractivity contribution in [3.8, 4) is 0 Å². The number of hydrogen-bond donors (Lipinski definition) is 1. The van der Waals surface area contributed by atoms with Crippen molar-refractivity contribution in [1.82, 2.24) is 19.7 Å². The third kappa shape index (κ3) is 1.93. The third-order valence-corrected chi connectivity index (χ3v) is 3.11. The van der Waals surface area contributed by atoms with Crippen molar-refractivity contribution in [1.29, 1.82) is 0 Å². The van der Waals surface area contributed by atoms with Gasteiger partial charge in [-0.25, -0.2) is 9.78 Å². The number of aromatic carboxylic acids is 1. The number of nitrogens with zero attached hydrogens (tertiary/aromatic N) is 4. The van der Waals surface area contributed by atoms with Gasteiger partial charge in [-0.05, 0) is 12.1 Å². The lowest BCUT2D eigenvalue weighted by molar-refractivity contribution is 0.0699. The Bertz CT molecular complexity index is 761. The normalized spacial score (nSPS) is 11.1. The van der Waals surface area contributed by atoms with Gasteiger partial charge in [0.05, 0.1) is 17.6 Å². The van der Waals surface area contributed by atoms with Gasteiger partial charge >= 0.3 is 5.97 Å². The molecule has 1 aromatic carbocycles. The molecule has 20 heavy (non-hydrogen) atoms. The Hall–Kier alpha value is -2.70. The van der Waals surface area contributed by atoms with Gasteiger partial charge < -0.3 is 14.2 Å². The second-order valence-corrected chi connectivity index (χ2v) is 4.29. The van der Waals surface area contributed by atoms with Crippen LogP contribution in [0, 0.1) is 0 Å². The molecule has 0 aliphatic carbocycles. The highest BCUT2D eigenvalue weighted by Gasteiger charge is 2.17. The summed E-state index contributed by atoms with van der Waals surface area (Å²) in [6, 6.07) is 5.10. The zero-order valence-electron chi connectivity index (χ0n) is 10.8. The van der Waals surface area contributed by atoms with Gasteiger partial charge in [0.15, 0.2) is 5.82 Å². The zero-order chi connectivity index (χ0) is 14.1. The largest absolute Gasteiger partial charge is 0.478 e. The summed E-state index contributed by atoms with van der Waals surface area (Å²) >= 11 is 0. The van der Waals surface area contributed by atoms with E-state index in [1.54, 1.807) is 12.1 Å². The smallest absolute Gasteiger partial charge is 0.337 e. The number of hydrogen-bond acceptors (Lipinski definition) is 5. The Morgan fingerprint density at radius 2 is 2.30 bits per heavy atom. The number of carboxylic acids is 1. The number of carboxylic acid groups (broad SMARTS) is 1. The quantitative estimate of drug-likeness (QED) is 0.777. The number of imidazole rings is 1. The molecule has 0 amide bonds. The molecule has 0 aliphatic heterocycles. The van der Waals surface area contributed by atoms with Crippen molar-refractivity contribution in [3.05, 3.63) is 41.8 Å². The summed E-state index contributed by atoms with van der Waals surface area (Å²) in [6.07, 6.45) is 1.95. The third-order valence-electron chi connectivity index (χ3n) is 3.11. The van der Waals surface area contributed by atoms with E-state index in [0.29, 0.717) is 24.3 Å². The topological polar surface area (TPSA) is 94.0 Å². The van der Waals surface area contributed by atoms with E-state index >= 15 is 0 Å². The fourth-order valence-electron chi connectivity index (χ4n) is 2.22. The Morgan fingerprint density at radius 1 is 1.45 bits per heavy atom. The minimum atomic E-state index is -0.984. The molecule has 2 aromatic heterocycles. The van der Waals surface area contributed by atoms with E-state index < -0.39 is 5.97 Å². The van der Waals surface area contributed by atoms with Crippen molar-refractivity contribution >= 4 is 17.0 Å². The van der Waals surface area contributed by atoms with Crippen LogP contribution in [0.3, 0.4) is 0 Å². The molecule has 0 spiro atoms. The monoisotopic (exact) mass is 272 g/mol. The van der Waals surface area contributed by atoms with Crippen LogP contribution in [-0.4, -0.2) is 30.8 Å². The van der Waals surface area contributed by atoms with E-state index in [4.69, 9.17) is 4.52 Å². The molecule has 0 atom stereocenters. The second-order valence-electron chi connectivity index (χ2n) is 4.29. The number of carbonyl (C=O) groups is 1. The molecule has 0 fully saturated rings. The van der Waals surface area contributed by atoms with Crippen LogP contribution < -0.4 is 0 Å². The van der Waals surface area contributed by atoms with E-state index in [1.165, 1.54) is 6.39 Å². The van der Waals surface area contributed by atoms with E-state index in [1.807, 2.05) is 17.6 Å². The maximum Gasteiger partial charge on any atom is 0.337 e. The lowest BCUT2D eigenvalue weighted by Gasteiger charge is -2.04. The molecule has 7 heteroatoms. The van der Waals surface area contributed by atoms with E-state index in [-0.39, 0.29) is 5.56 Å². The highest BCUT2D eigenvalue weighted by Crippen LogP contribution is 2.21. The van der Waals surface area contributed by atoms with Gasteiger partial charge in [0.25, 0.3) is 0 Å². The summed E-state index contributed by atoms with van der Waals surface area (Å²) in [5, 5.41) is 13.0. The minimum absolute atomic E-state index is 0.198. The Kier molecular flexibility index (Phi) is 2.94. The molecule has 3 rings (SSSR count). The molecule has 0 unspecified atom stereocenters. The van der Waals surface area contributed by atoms with Crippen LogP contribution in [0.25, 0.3) is 11.0 Å². The van der Waals surface area contributed by atoms with Crippen LogP contribution in [0.2, 0.25) is 0 Å². The maximum absolute atomic E-state index is 11.3. The number of rotatable bonds is 4. The Balaban J connectivity index is 2.19. The van der Waals surface area contributed by atoms with Gasteiger partial charge in [-0.1, -0.05) is 18.1 Å². The van der Waals surface area contributed by atoms with Gasteiger partial charge in [0.1, 0.15) is 11.3 Å². The van der Waals surface area contributed by atoms with Crippen molar-refractivity contribution in [2.75, 3.05) is 0 Å². The summed E-state index contributed by atoms with van der Waals surface area (Å²) < 4.78 is 6.63. The lowest BCUT2D eigenvalue weighted by atomic mass is 10.2. The van der Waals surface area contributed by atoms with Crippen LogP contribution in [-0.2, 0) is 13.0 Å². The van der Waals surface area contributed by atoms with Crippen LogP contribution >= 0.6 is 0 Å². The number of aryl methyl sites for hydroxylation is 1. The van der Waals surface area contributed by atoms with E-state index in [9.17, 15) is 9.90 Å². The van der Waals surface area contributed by atoms with E-state index in [0.717, 1.165) is 11.3 Å². The highest BCUT2D eigenvalue weighted by molar-refractivity contribution is 6.01. The van der Waals surface area contributed by atoms with Gasteiger partial charge in [0.2, 0.25) is 6.39 Å². The second kappa shape index (κ2) is 4.76. The standard InChI is InChI=1S/C13H12N4O3/c1-2-11-15-12-8(13(18)19)4-3-5-9(12)17(11)6-10-14-7-20-16-10/h3-5,7H,2,6H2,1H3,(H,18,19). The van der Waals surface area contributed by atoms with Crippen LogP contribution in [0.5, 0.6) is 0 Å². The number of fused-ring (bicyclic) bond motifs is 1. The molecular weight excluding hydrogens is 260 g/mol. The molecule has 7 nitrogen and oxygen atoms in total. The zero-order valence-corrected chi connectivity index (χ0v) is 10.8. The molecule has 102 valence electrons. The van der Waals surface area contributed by atoms with Gasteiger partial charge in [-0.3, -0.25) is 0 Å². The number of benzene rings is 1. The molecule has 2 heterocycles. The maximum atomic E-state index is 11.3. The summed E-state index contributed by atoms with van der Waals surface area (Å²) in [5.74, 6) is 0.334. The van der Waals surface area contributed by atoms with Crippen molar-refractivity contribution in [2.45, 2.75) is 19.9 Å². The summed E-state index contributed by atoms with van der Waals surface area (Å²) in [7, 11) is 0. The van der Waals surface area contributed by atoms with Crippen LogP contribution in [0.15, 0.2) is 29.1 Å². The Morgan fingerprint density at radius 3 is 2.95 bits per heavy atom. The molecular formula is C13H12N4O3. The molecule has 0 saturated heterocycles. The van der Waals surface area contributed by atoms with Crippen molar-refractivity contribution in [3.63, 3.8) is 0 Å². The predicted octanol–water partition coefficient (Wildman–Crippen LogP) is 1.73. The Labute approximate surface area is 113 Å². The summed E-state index contributed by atoms with van der Waals surface area (Å²) in [6.45, 7) is 2.37. The van der Waals surface area contributed by atoms with Crippen LogP contribution in [0.1, 0.15) is 28.9 Å². The lowest BCUT2D eigenvalue weighted by Crippen LogP contribution is -2.05. The average Bonchev–Trinajstić information content (AvgIpc) is 3.06. The molecule has 3 aromatic rings. The molecule has 0 aliphatic rings. The van der Waals surface area contributed by atoms with Gasteiger partial charge in [0, 0.05) is 6.42 Å². The van der Waals surface area contributed by atoms with Gasteiger partial charge in [-0.15, -0.1) is 0 Å². The number of para-hydroxylation sites is 1. The van der Waals surface area contributed by atoms with Crippen LogP contribution in [0.4, 0.5) is 0 Å². The molecule has 0 saturated carbocycles. The van der Waals surface area contributed by atoms with Crippen molar-refractivity contribution < 1.29 is 14.4 Å². The highest BCUT2D eigenvalue weighted by atomic mass is 16.5. The fraction of sp³-hybridized carbons (Fsp3) is 0.231. The predicted molar refractivity (Wildman–Crippen MR) is 69.5 cm³/mol. The number of aromatic nitrogens is 4. The first kappa shape index (κ1) is 12.3. The van der Waals surface area contributed by atoms with Gasteiger partial charge in [-0.2, -0.15) is 4.98 Å². The molecule has 1 N–H and O–H groups in total. The fourth-order valence-corrected chi connectivity index (χ4v) is 2.22. The summed E-state index contributed by atoms with van der Waals surface area (Å²) in [5.41, 5.74) is 1.44. The molecule has 0 radical (unpaired) electrons. The summed E-state index contributed by atoms with van der Waals surface area (Å²) in [4.78, 5) is 19.7. The first-order valence-corrected chi connectivity index (χ1v) is 6.17.